The molecule has 0 bridgehead atoms. The standard InChI is InChI=1S/C19H24Cl2N4O3S/c1-4-12(2)22-18(26)16-11-29-17(24-16)10-25(7-8-28-3)19(27)23-13-5-6-14(20)15(21)9-13/h5-6,9,11-12H,4,7-8,10H2,1-3H3,(H,22,26)(H,23,27). The van der Waals surface area contributed by atoms with Gasteiger partial charge in [0.05, 0.1) is 23.2 Å². The van der Waals surface area contributed by atoms with Crippen LogP contribution in [0.4, 0.5) is 10.5 Å². The van der Waals surface area contributed by atoms with Crippen molar-refractivity contribution in [3.8, 4) is 0 Å². The van der Waals surface area contributed by atoms with Gasteiger partial charge in [0.15, 0.2) is 0 Å². The molecule has 1 aromatic heterocycles. The van der Waals surface area contributed by atoms with Crippen molar-refractivity contribution in [2.45, 2.75) is 32.9 Å². The summed E-state index contributed by atoms with van der Waals surface area (Å²) in [5.41, 5.74) is 0.876. The van der Waals surface area contributed by atoms with E-state index in [1.54, 1.807) is 35.6 Å². The van der Waals surface area contributed by atoms with Crippen LogP contribution in [0, 0.1) is 0 Å². The fourth-order valence-corrected chi connectivity index (χ4v) is 3.37. The van der Waals surface area contributed by atoms with Gasteiger partial charge in [-0.2, -0.15) is 0 Å². The van der Waals surface area contributed by atoms with Crippen LogP contribution < -0.4 is 10.6 Å². The molecule has 1 aromatic carbocycles. The SMILES string of the molecule is CCC(C)NC(=O)c1csc(CN(CCOC)C(=O)Nc2ccc(Cl)c(Cl)c2)n1. The molecule has 10 heteroatoms. The summed E-state index contributed by atoms with van der Waals surface area (Å²) in [4.78, 5) is 30.9. The first-order chi connectivity index (χ1) is 13.8. The lowest BCUT2D eigenvalue weighted by atomic mass is 10.2. The van der Waals surface area contributed by atoms with Crippen LogP contribution in [0.3, 0.4) is 0 Å². The lowest BCUT2D eigenvalue weighted by Gasteiger charge is -2.22. The number of ether oxygens (including phenoxy) is 1. The topological polar surface area (TPSA) is 83.6 Å². The van der Waals surface area contributed by atoms with E-state index < -0.39 is 0 Å². The second kappa shape index (κ2) is 11.3. The Kier molecular flexibility index (Phi) is 9.16. The molecule has 0 fully saturated rings. The number of methoxy groups -OCH3 is 1. The maximum Gasteiger partial charge on any atom is 0.322 e. The van der Waals surface area contributed by atoms with Crippen molar-refractivity contribution in [1.82, 2.24) is 15.2 Å². The third-order valence-electron chi connectivity index (χ3n) is 4.12. The number of amides is 3. The van der Waals surface area contributed by atoms with Crippen LogP contribution in [0.25, 0.3) is 0 Å². The quantitative estimate of drug-likeness (QED) is 0.572. The van der Waals surface area contributed by atoms with E-state index >= 15 is 0 Å². The molecule has 0 radical (unpaired) electrons. The van der Waals surface area contributed by atoms with Crippen molar-refractivity contribution in [3.05, 3.63) is 44.3 Å². The Morgan fingerprint density at radius 1 is 1.31 bits per heavy atom. The van der Waals surface area contributed by atoms with Crippen LogP contribution in [0.5, 0.6) is 0 Å². The number of nitrogens with one attached hydrogen (secondary N) is 2. The van der Waals surface area contributed by atoms with E-state index in [4.69, 9.17) is 27.9 Å². The smallest absolute Gasteiger partial charge is 0.322 e. The molecule has 1 unspecified atom stereocenters. The number of halogens is 2. The first-order valence-electron chi connectivity index (χ1n) is 9.09. The highest BCUT2D eigenvalue weighted by Crippen LogP contribution is 2.25. The van der Waals surface area contributed by atoms with Gasteiger partial charge >= 0.3 is 6.03 Å². The van der Waals surface area contributed by atoms with Crippen LogP contribution in [0.2, 0.25) is 10.0 Å². The Morgan fingerprint density at radius 2 is 2.07 bits per heavy atom. The molecular formula is C19H24Cl2N4O3S. The molecule has 7 nitrogen and oxygen atoms in total. The predicted octanol–water partition coefficient (Wildman–Crippen LogP) is 4.66. The molecule has 3 amide bonds. The van der Waals surface area contributed by atoms with Gasteiger partial charge < -0.3 is 20.3 Å². The van der Waals surface area contributed by atoms with Gasteiger partial charge in [-0.3, -0.25) is 4.79 Å². The molecule has 1 heterocycles. The van der Waals surface area contributed by atoms with E-state index in [-0.39, 0.29) is 24.5 Å². The number of nitrogens with zero attached hydrogens (tertiary/aromatic N) is 2. The number of benzene rings is 1. The molecule has 0 aliphatic carbocycles. The third-order valence-corrected chi connectivity index (χ3v) is 5.70. The Labute approximate surface area is 184 Å². The van der Waals surface area contributed by atoms with E-state index in [2.05, 4.69) is 15.6 Å². The number of rotatable bonds is 9. The summed E-state index contributed by atoms with van der Waals surface area (Å²) >= 11 is 13.2. The fraction of sp³-hybridized carbons (Fsp3) is 0.421. The summed E-state index contributed by atoms with van der Waals surface area (Å²) in [6.07, 6.45) is 0.836. The van der Waals surface area contributed by atoms with Crippen molar-refractivity contribution in [2.24, 2.45) is 0 Å². The van der Waals surface area contributed by atoms with E-state index in [0.717, 1.165) is 6.42 Å². The fourth-order valence-electron chi connectivity index (χ4n) is 2.28. The van der Waals surface area contributed by atoms with E-state index in [1.165, 1.54) is 11.3 Å². The van der Waals surface area contributed by atoms with Crippen LogP contribution in [0.15, 0.2) is 23.6 Å². The van der Waals surface area contributed by atoms with Gasteiger partial charge in [-0.15, -0.1) is 11.3 Å². The average Bonchev–Trinajstić information content (AvgIpc) is 3.16. The Balaban J connectivity index is 2.07. The average molecular weight is 459 g/mol. The molecule has 2 rings (SSSR count). The lowest BCUT2D eigenvalue weighted by molar-refractivity contribution is 0.0934. The lowest BCUT2D eigenvalue weighted by Crippen LogP contribution is -2.37. The van der Waals surface area contributed by atoms with Gasteiger partial charge in [0.2, 0.25) is 0 Å². The van der Waals surface area contributed by atoms with E-state index in [1.807, 2.05) is 13.8 Å². The summed E-state index contributed by atoms with van der Waals surface area (Å²) < 4.78 is 5.10. The highest BCUT2D eigenvalue weighted by atomic mass is 35.5. The van der Waals surface area contributed by atoms with E-state index in [0.29, 0.717) is 39.6 Å². The number of thiazole rings is 1. The summed E-state index contributed by atoms with van der Waals surface area (Å²) in [6, 6.07) is 4.60. The molecule has 0 saturated heterocycles. The van der Waals surface area contributed by atoms with Crippen molar-refractivity contribution < 1.29 is 14.3 Å². The summed E-state index contributed by atoms with van der Waals surface area (Å²) in [5, 5.41) is 8.78. The maximum absolute atomic E-state index is 12.7. The normalized spacial score (nSPS) is 11.8. The van der Waals surface area contributed by atoms with Gasteiger partial charge in [-0.05, 0) is 31.5 Å². The molecule has 0 saturated carbocycles. The monoisotopic (exact) mass is 458 g/mol. The molecule has 2 aromatic rings. The highest BCUT2D eigenvalue weighted by molar-refractivity contribution is 7.09. The summed E-state index contributed by atoms with van der Waals surface area (Å²) in [5.74, 6) is -0.217. The maximum atomic E-state index is 12.7. The van der Waals surface area contributed by atoms with Crippen molar-refractivity contribution >= 4 is 52.2 Å². The second-order valence-electron chi connectivity index (χ2n) is 6.38. The molecule has 29 heavy (non-hydrogen) atoms. The summed E-state index contributed by atoms with van der Waals surface area (Å²) in [7, 11) is 1.57. The third kappa shape index (κ3) is 7.15. The molecule has 0 aliphatic rings. The number of carbonyl (C=O) groups is 2. The van der Waals surface area contributed by atoms with Crippen molar-refractivity contribution in [3.63, 3.8) is 0 Å². The van der Waals surface area contributed by atoms with Crippen LogP contribution in [0.1, 0.15) is 35.8 Å². The Morgan fingerprint density at radius 3 is 2.72 bits per heavy atom. The molecule has 158 valence electrons. The number of carbonyl (C=O) groups excluding carboxylic acids is 2. The first-order valence-corrected chi connectivity index (χ1v) is 10.7. The Hall–Kier alpha value is -1.87. The zero-order chi connectivity index (χ0) is 21.4. The second-order valence-corrected chi connectivity index (χ2v) is 8.14. The van der Waals surface area contributed by atoms with Crippen LogP contribution >= 0.6 is 34.5 Å². The van der Waals surface area contributed by atoms with Gasteiger partial charge in [-0.25, -0.2) is 9.78 Å². The first kappa shape index (κ1) is 23.4. The van der Waals surface area contributed by atoms with Crippen molar-refractivity contribution in [2.75, 3.05) is 25.6 Å². The Bertz CT molecular complexity index is 847. The van der Waals surface area contributed by atoms with E-state index in [9.17, 15) is 9.59 Å². The highest BCUT2D eigenvalue weighted by Gasteiger charge is 2.18. The molecule has 0 spiro atoms. The number of hydrogen-bond donors (Lipinski definition) is 2. The predicted molar refractivity (Wildman–Crippen MR) is 117 cm³/mol. The minimum Gasteiger partial charge on any atom is -0.383 e. The van der Waals surface area contributed by atoms with Crippen molar-refractivity contribution in [1.29, 1.82) is 0 Å². The number of urea groups is 1. The largest absolute Gasteiger partial charge is 0.383 e. The molecular weight excluding hydrogens is 435 g/mol. The van der Waals surface area contributed by atoms with Gasteiger partial charge in [0, 0.05) is 30.8 Å². The summed E-state index contributed by atoms with van der Waals surface area (Å²) in [6.45, 7) is 4.90. The molecule has 1 atom stereocenters. The number of anilines is 1. The van der Waals surface area contributed by atoms with Gasteiger partial charge in [0.25, 0.3) is 5.91 Å². The molecule has 0 aliphatic heterocycles. The minimum atomic E-state index is -0.332. The number of aromatic nitrogens is 1. The van der Waals surface area contributed by atoms with Gasteiger partial charge in [0.1, 0.15) is 10.7 Å². The number of hydrogen-bond acceptors (Lipinski definition) is 5. The van der Waals surface area contributed by atoms with Crippen LogP contribution in [-0.4, -0.2) is 48.1 Å². The zero-order valence-electron chi connectivity index (χ0n) is 16.5. The van der Waals surface area contributed by atoms with Gasteiger partial charge in [-0.1, -0.05) is 30.1 Å². The molecule has 2 N–H and O–H groups in total. The zero-order valence-corrected chi connectivity index (χ0v) is 18.8. The minimum absolute atomic E-state index is 0.0721. The van der Waals surface area contributed by atoms with Crippen LogP contribution in [-0.2, 0) is 11.3 Å².